The fraction of sp³-hybridized carbons (Fsp3) is 0.333. The van der Waals surface area contributed by atoms with E-state index in [1.54, 1.807) is 6.07 Å². The Bertz CT molecular complexity index is 567. The molecule has 3 N–H and O–H groups in total. The van der Waals surface area contributed by atoms with E-state index in [1.807, 2.05) is 19.1 Å². The third kappa shape index (κ3) is 3.41. The van der Waals surface area contributed by atoms with E-state index in [0.29, 0.717) is 23.0 Å². The van der Waals surface area contributed by atoms with Crippen molar-refractivity contribution in [1.29, 1.82) is 0 Å². The van der Waals surface area contributed by atoms with Gasteiger partial charge in [-0.15, -0.1) is 0 Å². The number of carbonyl (C=O) groups excluding carboxylic acids is 1. The monoisotopic (exact) mass is 283 g/mol. The lowest BCUT2D eigenvalue weighted by Crippen LogP contribution is -2.19. The van der Waals surface area contributed by atoms with Crippen molar-refractivity contribution in [3.8, 4) is 0 Å². The van der Waals surface area contributed by atoms with Crippen LogP contribution in [-0.4, -0.2) is 16.9 Å². The Morgan fingerprint density at radius 2 is 2.39 bits per heavy atom. The highest BCUT2D eigenvalue weighted by Gasteiger charge is 2.08. The van der Waals surface area contributed by atoms with Crippen molar-refractivity contribution >= 4 is 44.2 Å². The van der Waals surface area contributed by atoms with Gasteiger partial charge in [-0.05, 0) is 31.5 Å². The molecule has 0 saturated heterocycles. The van der Waals surface area contributed by atoms with Crippen LogP contribution in [0.15, 0.2) is 18.2 Å². The van der Waals surface area contributed by atoms with E-state index in [1.165, 1.54) is 11.3 Å². The molecule has 2 rings (SSSR count). The number of nitrogens with two attached hydrogens (primary N) is 1. The molecule has 0 spiro atoms. The molecule has 0 aliphatic rings. The van der Waals surface area contributed by atoms with Crippen molar-refractivity contribution < 1.29 is 4.79 Å². The lowest BCUT2D eigenvalue weighted by atomic mass is 10.2. The molecule has 1 amide bonds. The van der Waals surface area contributed by atoms with Crippen LogP contribution < -0.4 is 11.1 Å². The van der Waals surface area contributed by atoms with Gasteiger partial charge in [0.1, 0.15) is 0 Å². The Balaban J connectivity index is 2.05. The number of benzene rings is 1. The van der Waals surface area contributed by atoms with Crippen LogP contribution in [0.25, 0.3) is 10.2 Å². The summed E-state index contributed by atoms with van der Waals surface area (Å²) in [6.45, 7) is 1.88. The number of hydrogen-bond donors (Lipinski definition) is 2. The number of aromatic nitrogens is 1. The Hall–Kier alpha value is -1.17. The fourth-order valence-electron chi connectivity index (χ4n) is 1.49. The number of amides is 1. The molecule has 18 heavy (non-hydrogen) atoms. The summed E-state index contributed by atoms with van der Waals surface area (Å²) in [5, 5.41) is 4.04. The topological polar surface area (TPSA) is 68.0 Å². The average Bonchev–Trinajstić information content (AvgIpc) is 2.67. The smallest absolute Gasteiger partial charge is 0.226 e. The predicted molar refractivity (Wildman–Crippen MR) is 76.1 cm³/mol. The minimum Gasteiger partial charge on any atom is -0.328 e. The molecular weight excluding hydrogens is 270 g/mol. The molecule has 0 bridgehead atoms. The molecule has 0 radical (unpaired) electrons. The van der Waals surface area contributed by atoms with Crippen LogP contribution in [0.5, 0.6) is 0 Å². The van der Waals surface area contributed by atoms with E-state index >= 15 is 0 Å². The zero-order valence-electron chi connectivity index (χ0n) is 9.94. The van der Waals surface area contributed by atoms with Crippen LogP contribution in [0.1, 0.15) is 19.8 Å². The third-order valence-electron chi connectivity index (χ3n) is 2.42. The Kier molecular flexibility index (Phi) is 4.16. The first-order valence-electron chi connectivity index (χ1n) is 5.66. The zero-order valence-corrected chi connectivity index (χ0v) is 11.5. The number of hydrogen-bond acceptors (Lipinski definition) is 4. The second kappa shape index (κ2) is 5.65. The minimum absolute atomic E-state index is 0.0323. The molecule has 1 atom stereocenters. The molecular formula is C12H14ClN3OS. The van der Waals surface area contributed by atoms with Crippen LogP contribution in [0.3, 0.4) is 0 Å². The molecule has 2 aromatic rings. The van der Waals surface area contributed by atoms with Gasteiger partial charge in [-0.3, -0.25) is 4.79 Å². The molecule has 0 aliphatic carbocycles. The summed E-state index contributed by atoms with van der Waals surface area (Å²) in [5.74, 6) is -0.0579. The van der Waals surface area contributed by atoms with Crippen LogP contribution in [-0.2, 0) is 4.79 Å². The van der Waals surface area contributed by atoms with E-state index in [9.17, 15) is 4.79 Å². The molecule has 6 heteroatoms. The van der Waals surface area contributed by atoms with E-state index in [-0.39, 0.29) is 11.9 Å². The van der Waals surface area contributed by atoms with Gasteiger partial charge in [-0.1, -0.05) is 22.9 Å². The fourth-order valence-corrected chi connectivity index (χ4v) is 2.65. The van der Waals surface area contributed by atoms with Gasteiger partial charge < -0.3 is 11.1 Å². The molecule has 1 unspecified atom stereocenters. The summed E-state index contributed by atoms with van der Waals surface area (Å²) in [6, 6.07) is 5.49. The van der Waals surface area contributed by atoms with Crippen molar-refractivity contribution in [1.82, 2.24) is 4.98 Å². The number of fused-ring (bicyclic) bond motifs is 1. The Morgan fingerprint density at radius 3 is 3.11 bits per heavy atom. The molecule has 1 aromatic carbocycles. The second-order valence-corrected chi connectivity index (χ2v) is 5.66. The summed E-state index contributed by atoms with van der Waals surface area (Å²) in [5.41, 5.74) is 6.44. The Morgan fingerprint density at radius 1 is 1.61 bits per heavy atom. The average molecular weight is 284 g/mol. The van der Waals surface area contributed by atoms with Gasteiger partial charge in [0, 0.05) is 17.5 Å². The highest BCUT2D eigenvalue weighted by molar-refractivity contribution is 7.22. The summed E-state index contributed by atoms with van der Waals surface area (Å²) in [7, 11) is 0. The number of carbonyl (C=O) groups is 1. The van der Waals surface area contributed by atoms with Gasteiger partial charge in [-0.2, -0.15) is 0 Å². The number of nitrogens with one attached hydrogen (secondary N) is 1. The normalized spacial score (nSPS) is 12.6. The van der Waals surface area contributed by atoms with E-state index in [4.69, 9.17) is 17.3 Å². The van der Waals surface area contributed by atoms with Gasteiger partial charge in [0.15, 0.2) is 5.13 Å². The van der Waals surface area contributed by atoms with E-state index in [0.717, 1.165) is 10.2 Å². The van der Waals surface area contributed by atoms with Crippen molar-refractivity contribution in [2.45, 2.75) is 25.8 Å². The van der Waals surface area contributed by atoms with Crippen LogP contribution in [0.2, 0.25) is 5.02 Å². The van der Waals surface area contributed by atoms with Gasteiger partial charge in [0.05, 0.1) is 10.2 Å². The first-order chi connectivity index (χ1) is 8.54. The maximum absolute atomic E-state index is 11.6. The lowest BCUT2D eigenvalue weighted by molar-refractivity contribution is -0.116. The predicted octanol–water partition coefficient (Wildman–Crippen LogP) is 3.02. The van der Waals surface area contributed by atoms with Crippen molar-refractivity contribution in [3.05, 3.63) is 23.2 Å². The van der Waals surface area contributed by atoms with E-state index in [2.05, 4.69) is 10.3 Å². The number of thiazole rings is 1. The molecule has 1 heterocycles. The van der Waals surface area contributed by atoms with Crippen molar-refractivity contribution in [3.63, 3.8) is 0 Å². The van der Waals surface area contributed by atoms with Crippen molar-refractivity contribution in [2.75, 3.05) is 5.32 Å². The molecule has 1 aromatic heterocycles. The molecule has 4 nitrogen and oxygen atoms in total. The quantitative estimate of drug-likeness (QED) is 0.906. The van der Waals surface area contributed by atoms with Crippen LogP contribution in [0, 0.1) is 0 Å². The number of halogens is 1. The summed E-state index contributed by atoms with van der Waals surface area (Å²) < 4.78 is 0.963. The number of anilines is 1. The van der Waals surface area contributed by atoms with Gasteiger partial charge in [0.2, 0.25) is 5.91 Å². The SMILES string of the molecule is CC(N)CCC(=O)Nc1nc2ccc(Cl)cc2s1. The summed E-state index contributed by atoms with van der Waals surface area (Å²) >= 11 is 7.31. The summed E-state index contributed by atoms with van der Waals surface area (Å²) in [6.07, 6.45) is 1.08. The Labute approximate surface area is 114 Å². The minimum atomic E-state index is -0.0579. The van der Waals surface area contributed by atoms with Crippen LogP contribution >= 0.6 is 22.9 Å². The molecule has 0 aliphatic heterocycles. The second-order valence-electron chi connectivity index (χ2n) is 4.20. The molecule has 0 saturated carbocycles. The van der Waals surface area contributed by atoms with Crippen molar-refractivity contribution in [2.24, 2.45) is 5.73 Å². The lowest BCUT2D eigenvalue weighted by Gasteiger charge is -2.03. The van der Waals surface area contributed by atoms with Gasteiger partial charge in [0.25, 0.3) is 0 Å². The number of nitrogens with zero attached hydrogens (tertiary/aromatic N) is 1. The largest absolute Gasteiger partial charge is 0.328 e. The highest BCUT2D eigenvalue weighted by atomic mass is 35.5. The first-order valence-corrected chi connectivity index (χ1v) is 6.85. The van der Waals surface area contributed by atoms with Gasteiger partial charge >= 0.3 is 0 Å². The maximum atomic E-state index is 11.6. The molecule has 96 valence electrons. The van der Waals surface area contributed by atoms with Gasteiger partial charge in [-0.25, -0.2) is 4.98 Å². The zero-order chi connectivity index (χ0) is 13.1. The first kappa shape index (κ1) is 13.3. The maximum Gasteiger partial charge on any atom is 0.226 e. The molecule has 0 fully saturated rings. The van der Waals surface area contributed by atoms with E-state index < -0.39 is 0 Å². The highest BCUT2D eigenvalue weighted by Crippen LogP contribution is 2.28. The third-order valence-corrected chi connectivity index (χ3v) is 3.59. The number of rotatable bonds is 4. The standard InChI is InChI=1S/C12H14ClN3OS/c1-7(14)2-5-11(17)16-12-15-9-4-3-8(13)6-10(9)18-12/h3-4,6-7H,2,5,14H2,1H3,(H,15,16,17). The summed E-state index contributed by atoms with van der Waals surface area (Å²) in [4.78, 5) is 16.0. The van der Waals surface area contributed by atoms with Crippen LogP contribution in [0.4, 0.5) is 5.13 Å².